The van der Waals surface area contributed by atoms with Crippen LogP contribution >= 0.6 is 22.6 Å². The molecule has 8 amide bonds. The minimum absolute atomic E-state index is 0.00802. The summed E-state index contributed by atoms with van der Waals surface area (Å²) >= 11 is 2.13. The molecule has 2 fully saturated rings. The van der Waals surface area contributed by atoms with Gasteiger partial charge in [-0.3, -0.25) is 19.4 Å². The summed E-state index contributed by atoms with van der Waals surface area (Å²) in [6.45, 7) is 24.2. The van der Waals surface area contributed by atoms with Crippen molar-refractivity contribution in [3.05, 3.63) is 174 Å². The molecule has 0 bridgehead atoms. The molecule has 12 rings (SSSR count). The fourth-order valence-corrected chi connectivity index (χ4v) is 13.6. The number of halogens is 7. The molecule has 0 unspecified atom stereocenters. The zero-order chi connectivity index (χ0) is 82.0. The maximum atomic E-state index is 13.9. The molecule has 8 heterocycles. The van der Waals surface area contributed by atoms with Crippen LogP contribution in [0.3, 0.4) is 0 Å². The van der Waals surface area contributed by atoms with Crippen molar-refractivity contribution in [2.24, 2.45) is 14.1 Å². The molecule has 26 nitrogen and oxygen atoms in total. The molecule has 4 aliphatic rings. The Kier molecular flexibility index (Phi) is 26.7. The van der Waals surface area contributed by atoms with Crippen molar-refractivity contribution in [2.75, 3.05) is 111 Å². The van der Waals surface area contributed by atoms with Crippen molar-refractivity contribution in [1.82, 2.24) is 58.5 Å². The largest absolute Gasteiger partial charge is 0.443 e. The van der Waals surface area contributed by atoms with Gasteiger partial charge >= 0.3 is 36.6 Å². The van der Waals surface area contributed by atoms with Crippen molar-refractivity contribution in [1.29, 1.82) is 0 Å². The van der Waals surface area contributed by atoms with Gasteiger partial charge in [-0.15, -0.1) is 6.42 Å². The maximum Gasteiger partial charge on any atom is 0.417 e. The van der Waals surface area contributed by atoms with E-state index in [0.717, 1.165) is 114 Å². The number of alkyl halides is 6. The predicted molar refractivity (Wildman–Crippen MR) is 426 cm³/mol. The van der Waals surface area contributed by atoms with Gasteiger partial charge in [0.2, 0.25) is 11.9 Å². The summed E-state index contributed by atoms with van der Waals surface area (Å²) in [6.07, 6.45) is -1.04. The van der Waals surface area contributed by atoms with Gasteiger partial charge in [0.05, 0.1) is 42.8 Å². The molecular formula is C80H89F6IN18O8. The van der Waals surface area contributed by atoms with Gasteiger partial charge in [0.25, 0.3) is 11.8 Å². The van der Waals surface area contributed by atoms with E-state index < -0.39 is 64.8 Å². The number of aromatic nitrogens is 6. The number of terminal acetylenes is 1. The van der Waals surface area contributed by atoms with E-state index >= 15 is 0 Å². The number of piperazine rings is 2. The molecule has 4 aromatic heterocycles. The first kappa shape index (κ1) is 84.3. The highest BCUT2D eigenvalue weighted by Crippen LogP contribution is 2.37. The number of anilines is 6. The Bertz CT molecular complexity index is 5000. The number of carbonyl (C=O) groups is 6. The Morgan fingerprint density at radius 3 is 1.35 bits per heavy atom. The first-order valence-electron chi connectivity index (χ1n) is 36.4. The maximum absolute atomic E-state index is 13.9. The smallest absolute Gasteiger partial charge is 0.417 e. The number of rotatable bonds is 12. The number of hydrogen-bond donors (Lipinski definition) is 6. The van der Waals surface area contributed by atoms with Gasteiger partial charge in [-0.2, -0.15) is 26.3 Å². The molecule has 596 valence electrons. The number of urea groups is 2. The van der Waals surface area contributed by atoms with E-state index in [1.807, 2.05) is 16.2 Å². The lowest BCUT2D eigenvalue weighted by Gasteiger charge is -2.34. The van der Waals surface area contributed by atoms with Crippen LogP contribution in [0.1, 0.15) is 126 Å². The quantitative estimate of drug-likeness (QED) is 0.0376. The number of nitrogen functional groups attached to an aromatic ring is 2. The molecule has 0 radical (unpaired) electrons. The SMILES string of the molecule is C#Cc1cccc(NC(=O)Nc2cc(CN3CCN(CC)CC3)cc(C(F)(F)F)c2)c1.CCN1CCN(Cc2cc(NC(=O)Nc3cccc(C#Cc4cnc(N)nc4-c4cc5c(n4C)CCN(C(=O)OC(C)(C)C)C5=O)c3)cc(C(F)(F)F)c2)CC1.Cn1c(-c2nc(N)ncc2I)cc2c1CCN(C(=O)OC(C)(C)C)C2=O. The minimum Gasteiger partial charge on any atom is -0.443 e. The average Bonchev–Trinajstić information content (AvgIpc) is 1.62. The third kappa shape index (κ3) is 22.4. The summed E-state index contributed by atoms with van der Waals surface area (Å²) in [5.74, 6) is 7.88. The summed E-state index contributed by atoms with van der Waals surface area (Å²) in [5.41, 5.74) is 16.7. The standard InChI is InChI=1S/C40H44F3N9O4.C23H25F3N4O.C17H20IN5O3/c1-6-50-14-16-51(17-15-50)24-26-18-28(40(41,42)43)21-30(20-26)47-37(54)46-29-9-7-8-25(19-29)10-11-27-23-45-36(44)48-34(27)33-22-31-32(49(33)5)12-13-52(35(31)53)38(55)56-39(2,3)4;1-3-17-6-5-7-20(13-17)27-22(31)28-21-14-18(12-19(15-21)23(24,25)26)16-30-10-8-29(4-2)9-11-30;1-17(2,3)26-16(25)23-6-5-11-9(14(23)24)7-12(22(11)4)13-10(18)8-20-15(19)21-13/h7-9,18-23H,6,12-17,24H2,1-5H3,(H2,44,45,48)(H2,46,47,54);1,5-7,12-15H,4,8-11,16H2,2H3,(H2,27,28,31);7-8H,5-6H2,1-4H3,(H2,19,20,21). The van der Waals surface area contributed by atoms with Crippen LogP contribution in [-0.2, 0) is 61.9 Å². The lowest BCUT2D eigenvalue weighted by molar-refractivity contribution is -0.138. The fraction of sp³-hybridized carbons (Fsp3) is 0.375. The molecule has 33 heteroatoms. The van der Waals surface area contributed by atoms with Crippen LogP contribution < -0.4 is 32.7 Å². The van der Waals surface area contributed by atoms with Crippen molar-refractivity contribution in [2.45, 2.75) is 105 Å². The zero-order valence-corrected chi connectivity index (χ0v) is 66.4. The second kappa shape index (κ2) is 35.7. The number of amides is 8. The van der Waals surface area contributed by atoms with E-state index in [4.69, 9.17) is 27.4 Å². The Morgan fingerprint density at radius 2 is 0.920 bits per heavy atom. The zero-order valence-electron chi connectivity index (χ0n) is 64.2. The van der Waals surface area contributed by atoms with Crippen LogP contribution in [-0.4, -0.2) is 184 Å². The van der Waals surface area contributed by atoms with Crippen molar-refractivity contribution >= 4 is 93.3 Å². The number of nitrogens with one attached hydrogen (secondary N) is 4. The molecule has 8 aromatic rings. The summed E-state index contributed by atoms with van der Waals surface area (Å²) in [4.78, 5) is 105. The second-order valence-corrected chi connectivity index (χ2v) is 30.3. The molecule has 0 atom stereocenters. The predicted octanol–water partition coefficient (Wildman–Crippen LogP) is 13.3. The number of fused-ring (bicyclic) bond motifs is 2. The fourth-order valence-electron chi connectivity index (χ4n) is 13.0. The van der Waals surface area contributed by atoms with Gasteiger partial charge in [0.15, 0.2) is 0 Å². The summed E-state index contributed by atoms with van der Waals surface area (Å²) in [7, 11) is 3.66. The molecule has 8 N–H and O–H groups in total. The van der Waals surface area contributed by atoms with E-state index in [1.54, 1.807) is 128 Å². The van der Waals surface area contributed by atoms with Crippen LogP contribution in [0.25, 0.3) is 22.8 Å². The van der Waals surface area contributed by atoms with Gasteiger partial charge in [0.1, 0.15) is 22.6 Å². The lowest BCUT2D eigenvalue weighted by atomic mass is 10.1. The van der Waals surface area contributed by atoms with Crippen LogP contribution in [0.5, 0.6) is 0 Å². The number of nitrogens with zero attached hydrogens (tertiary/aromatic N) is 12. The molecule has 4 aliphatic heterocycles. The topological polar surface area (TPSA) is 302 Å². The molecule has 4 aromatic carbocycles. The number of benzene rings is 4. The molecule has 0 aliphatic carbocycles. The van der Waals surface area contributed by atoms with Gasteiger partial charge in [0, 0.05) is 163 Å². The Morgan fingerprint density at radius 1 is 0.522 bits per heavy atom. The summed E-state index contributed by atoms with van der Waals surface area (Å²) < 4.78 is 97.2. The highest BCUT2D eigenvalue weighted by molar-refractivity contribution is 14.1. The van der Waals surface area contributed by atoms with Gasteiger partial charge < -0.3 is 61.1 Å². The van der Waals surface area contributed by atoms with Crippen molar-refractivity contribution in [3.8, 4) is 47.0 Å². The molecule has 2 saturated heterocycles. The number of imide groups is 2. The molecular weight excluding hydrogens is 1580 g/mol. The third-order valence-electron chi connectivity index (χ3n) is 18.6. The third-order valence-corrected chi connectivity index (χ3v) is 19.4. The van der Waals surface area contributed by atoms with E-state index in [-0.39, 0.29) is 42.3 Å². The first-order valence-corrected chi connectivity index (χ1v) is 37.4. The Hall–Kier alpha value is -11.1. The van der Waals surface area contributed by atoms with Crippen LogP contribution in [0, 0.1) is 27.8 Å². The van der Waals surface area contributed by atoms with E-state index in [2.05, 4.69) is 115 Å². The average molecular weight is 1670 g/mol. The van der Waals surface area contributed by atoms with E-state index in [1.165, 1.54) is 6.20 Å². The lowest BCUT2D eigenvalue weighted by Crippen LogP contribution is -2.45. The minimum atomic E-state index is -4.59. The van der Waals surface area contributed by atoms with Gasteiger partial charge in [-0.05, 0) is 173 Å². The highest BCUT2D eigenvalue weighted by Gasteiger charge is 2.39. The first-order chi connectivity index (χ1) is 53.3. The number of ether oxygens (including phenoxy) is 2. The number of likely N-dealkylation sites (N-methyl/N-ethyl adjacent to an activating group) is 2. The number of carbonyl (C=O) groups excluding carboxylic acids is 6. The normalized spacial score (nSPS) is 15.0. The van der Waals surface area contributed by atoms with E-state index in [0.29, 0.717) is 99.0 Å². The van der Waals surface area contributed by atoms with E-state index in [9.17, 15) is 55.1 Å². The Balaban J connectivity index is 0.000000199. The van der Waals surface area contributed by atoms with Gasteiger partial charge in [-0.1, -0.05) is 43.7 Å². The highest BCUT2D eigenvalue weighted by atomic mass is 127. The summed E-state index contributed by atoms with van der Waals surface area (Å²) in [5, 5.41) is 10.3. The van der Waals surface area contributed by atoms with Crippen LogP contribution in [0.15, 0.2) is 109 Å². The number of nitrogens with two attached hydrogens (primary N) is 2. The second-order valence-electron chi connectivity index (χ2n) is 29.2. The van der Waals surface area contributed by atoms with Gasteiger partial charge in [-0.25, -0.2) is 48.9 Å². The van der Waals surface area contributed by atoms with Crippen molar-refractivity contribution in [3.63, 3.8) is 0 Å². The molecule has 0 spiro atoms. The molecule has 0 saturated carbocycles. The van der Waals surface area contributed by atoms with Crippen LogP contribution in [0.4, 0.5) is 80.2 Å². The summed E-state index contributed by atoms with van der Waals surface area (Å²) in [6, 6.07) is 22.6. The number of hydrogen-bond acceptors (Lipinski definition) is 18. The molecule has 113 heavy (non-hydrogen) atoms. The monoisotopic (exact) mass is 1670 g/mol. The van der Waals surface area contributed by atoms with Crippen molar-refractivity contribution < 1.29 is 64.6 Å². The Labute approximate surface area is 664 Å². The van der Waals surface area contributed by atoms with Crippen LogP contribution in [0.2, 0.25) is 0 Å².